The first-order valence-corrected chi connectivity index (χ1v) is 6.00. The molecule has 0 heterocycles. The van der Waals surface area contributed by atoms with E-state index >= 15 is 0 Å². The number of nitrogens with two attached hydrogens (primary N) is 1. The topological polar surface area (TPSA) is 53.0 Å². The second-order valence-corrected chi connectivity index (χ2v) is 4.75. The van der Waals surface area contributed by atoms with Gasteiger partial charge in [-0.25, -0.2) is 0 Å². The maximum Gasteiger partial charge on any atom is 0.101 e. The highest BCUT2D eigenvalue weighted by Gasteiger charge is 2.15. The quantitative estimate of drug-likeness (QED) is 0.845. The monoisotopic (exact) mass is 231 g/mol. The summed E-state index contributed by atoms with van der Waals surface area (Å²) >= 11 is 0. The molecule has 0 aliphatic carbocycles. The highest BCUT2D eigenvalue weighted by molar-refractivity contribution is 5.58. The Morgan fingerprint density at radius 1 is 1.35 bits per heavy atom. The van der Waals surface area contributed by atoms with Gasteiger partial charge < -0.3 is 10.6 Å². The Bertz CT molecular complexity index is 393. The highest BCUT2D eigenvalue weighted by Crippen LogP contribution is 2.20. The number of nitriles is 1. The zero-order valence-electron chi connectivity index (χ0n) is 10.9. The summed E-state index contributed by atoms with van der Waals surface area (Å²) in [5.41, 5.74) is 7.48. The van der Waals surface area contributed by atoms with Crippen molar-refractivity contribution in [3.63, 3.8) is 0 Å². The average molecular weight is 231 g/mol. The summed E-state index contributed by atoms with van der Waals surface area (Å²) in [7, 11) is 2.02. The molecule has 92 valence electrons. The van der Waals surface area contributed by atoms with Crippen LogP contribution in [0.15, 0.2) is 24.3 Å². The van der Waals surface area contributed by atoms with Crippen molar-refractivity contribution < 1.29 is 0 Å². The highest BCUT2D eigenvalue weighted by atomic mass is 15.1. The predicted molar refractivity (Wildman–Crippen MR) is 71.8 cm³/mol. The lowest BCUT2D eigenvalue weighted by Gasteiger charge is -2.27. The van der Waals surface area contributed by atoms with Crippen LogP contribution in [0.2, 0.25) is 0 Å². The van der Waals surface area contributed by atoms with Crippen molar-refractivity contribution >= 4 is 5.69 Å². The molecule has 0 bridgehead atoms. The van der Waals surface area contributed by atoms with Crippen molar-refractivity contribution in [1.82, 2.24) is 0 Å². The second kappa shape index (κ2) is 6.27. The van der Waals surface area contributed by atoms with E-state index in [1.165, 1.54) is 0 Å². The molecule has 1 aromatic rings. The SMILES string of the molecule is CC(C)C(CN)CN(C)c1ccccc1C#N. The molecular weight excluding hydrogens is 210 g/mol. The van der Waals surface area contributed by atoms with E-state index in [1.54, 1.807) is 0 Å². The van der Waals surface area contributed by atoms with Gasteiger partial charge in [0.1, 0.15) is 6.07 Å². The van der Waals surface area contributed by atoms with Crippen LogP contribution < -0.4 is 10.6 Å². The minimum absolute atomic E-state index is 0.451. The zero-order valence-corrected chi connectivity index (χ0v) is 10.9. The van der Waals surface area contributed by atoms with Crippen LogP contribution in [0.4, 0.5) is 5.69 Å². The molecule has 0 radical (unpaired) electrons. The molecule has 0 aromatic heterocycles. The number of rotatable bonds is 5. The van der Waals surface area contributed by atoms with Gasteiger partial charge in [0.25, 0.3) is 0 Å². The van der Waals surface area contributed by atoms with Gasteiger partial charge in [-0.15, -0.1) is 0 Å². The Morgan fingerprint density at radius 2 is 2.00 bits per heavy atom. The van der Waals surface area contributed by atoms with E-state index in [0.717, 1.165) is 17.8 Å². The number of para-hydroxylation sites is 1. The van der Waals surface area contributed by atoms with E-state index in [9.17, 15) is 0 Å². The molecule has 17 heavy (non-hydrogen) atoms. The maximum absolute atomic E-state index is 9.07. The third-order valence-corrected chi connectivity index (χ3v) is 3.19. The van der Waals surface area contributed by atoms with Crippen molar-refractivity contribution in [3.05, 3.63) is 29.8 Å². The minimum Gasteiger partial charge on any atom is -0.373 e. The van der Waals surface area contributed by atoms with Crippen LogP contribution in [0.3, 0.4) is 0 Å². The van der Waals surface area contributed by atoms with Gasteiger partial charge in [-0.2, -0.15) is 5.26 Å². The van der Waals surface area contributed by atoms with Crippen LogP contribution in [0.5, 0.6) is 0 Å². The molecule has 0 spiro atoms. The summed E-state index contributed by atoms with van der Waals surface area (Å²) < 4.78 is 0. The zero-order chi connectivity index (χ0) is 12.8. The fourth-order valence-corrected chi connectivity index (χ4v) is 1.91. The van der Waals surface area contributed by atoms with Gasteiger partial charge in [-0.05, 0) is 30.5 Å². The first kappa shape index (κ1) is 13.5. The fourth-order valence-electron chi connectivity index (χ4n) is 1.91. The van der Waals surface area contributed by atoms with Gasteiger partial charge in [0.2, 0.25) is 0 Å². The second-order valence-electron chi connectivity index (χ2n) is 4.75. The normalized spacial score (nSPS) is 12.2. The van der Waals surface area contributed by atoms with Crippen LogP contribution in [-0.2, 0) is 0 Å². The van der Waals surface area contributed by atoms with Crippen LogP contribution in [-0.4, -0.2) is 20.1 Å². The molecular formula is C14H21N3. The summed E-state index contributed by atoms with van der Waals surface area (Å²) in [6.07, 6.45) is 0. The molecule has 0 saturated carbocycles. The molecule has 3 nitrogen and oxygen atoms in total. The van der Waals surface area contributed by atoms with Crippen molar-refractivity contribution in [3.8, 4) is 6.07 Å². The van der Waals surface area contributed by atoms with E-state index in [0.29, 0.717) is 18.4 Å². The summed E-state index contributed by atoms with van der Waals surface area (Å²) in [6, 6.07) is 9.89. The van der Waals surface area contributed by atoms with Crippen LogP contribution in [0.1, 0.15) is 19.4 Å². The molecule has 3 heteroatoms. The first-order valence-electron chi connectivity index (χ1n) is 6.00. The largest absolute Gasteiger partial charge is 0.373 e. The van der Waals surface area contributed by atoms with E-state index in [1.807, 2.05) is 31.3 Å². The Kier molecular flexibility index (Phi) is 4.99. The summed E-state index contributed by atoms with van der Waals surface area (Å²) in [4.78, 5) is 2.12. The van der Waals surface area contributed by atoms with Gasteiger partial charge in [0.15, 0.2) is 0 Å². The van der Waals surface area contributed by atoms with Crippen molar-refractivity contribution in [1.29, 1.82) is 5.26 Å². The van der Waals surface area contributed by atoms with E-state index < -0.39 is 0 Å². The fraction of sp³-hybridized carbons (Fsp3) is 0.500. The molecule has 1 unspecified atom stereocenters. The number of benzene rings is 1. The van der Waals surface area contributed by atoms with Gasteiger partial charge in [-0.1, -0.05) is 26.0 Å². The third kappa shape index (κ3) is 3.47. The lowest BCUT2D eigenvalue weighted by atomic mass is 9.95. The van der Waals surface area contributed by atoms with Gasteiger partial charge in [0.05, 0.1) is 11.3 Å². The Morgan fingerprint density at radius 3 is 2.53 bits per heavy atom. The number of anilines is 1. The molecule has 1 rings (SSSR count). The number of hydrogen-bond acceptors (Lipinski definition) is 3. The summed E-state index contributed by atoms with van der Waals surface area (Å²) in [6.45, 7) is 5.92. The van der Waals surface area contributed by atoms with Crippen molar-refractivity contribution in [2.24, 2.45) is 17.6 Å². The molecule has 0 amide bonds. The Balaban J connectivity index is 2.83. The van der Waals surface area contributed by atoms with E-state index in [2.05, 4.69) is 24.8 Å². The standard InChI is InChI=1S/C14H21N3/c1-11(2)13(9-16)10-17(3)14-7-5-4-6-12(14)8-15/h4-7,11,13H,9-10,16H2,1-3H3. The smallest absolute Gasteiger partial charge is 0.101 e. The predicted octanol–water partition coefficient (Wildman–Crippen LogP) is 2.23. The molecule has 0 aliphatic rings. The summed E-state index contributed by atoms with van der Waals surface area (Å²) in [5, 5.41) is 9.07. The first-order chi connectivity index (χ1) is 8.10. The van der Waals surface area contributed by atoms with Crippen molar-refractivity contribution in [2.75, 3.05) is 25.0 Å². The number of hydrogen-bond donors (Lipinski definition) is 1. The van der Waals surface area contributed by atoms with Gasteiger partial charge in [0, 0.05) is 13.6 Å². The lowest BCUT2D eigenvalue weighted by molar-refractivity contribution is 0.398. The van der Waals surface area contributed by atoms with Gasteiger partial charge in [-0.3, -0.25) is 0 Å². The minimum atomic E-state index is 0.451. The molecule has 2 N–H and O–H groups in total. The third-order valence-electron chi connectivity index (χ3n) is 3.19. The lowest BCUT2D eigenvalue weighted by Crippen LogP contribution is -2.33. The molecule has 0 fully saturated rings. The Labute approximate surface area is 104 Å². The van der Waals surface area contributed by atoms with Crippen LogP contribution in [0.25, 0.3) is 0 Å². The Hall–Kier alpha value is -1.53. The molecule has 0 aliphatic heterocycles. The van der Waals surface area contributed by atoms with Crippen LogP contribution >= 0.6 is 0 Å². The molecule has 1 aromatic carbocycles. The van der Waals surface area contributed by atoms with Crippen LogP contribution in [0, 0.1) is 23.2 Å². The molecule has 0 saturated heterocycles. The van der Waals surface area contributed by atoms with E-state index in [4.69, 9.17) is 11.0 Å². The van der Waals surface area contributed by atoms with E-state index in [-0.39, 0.29) is 0 Å². The van der Waals surface area contributed by atoms with Gasteiger partial charge >= 0.3 is 0 Å². The van der Waals surface area contributed by atoms with Crippen molar-refractivity contribution in [2.45, 2.75) is 13.8 Å². The maximum atomic E-state index is 9.07. The summed E-state index contributed by atoms with van der Waals surface area (Å²) in [5.74, 6) is 1.00. The number of nitrogens with zero attached hydrogens (tertiary/aromatic N) is 2. The average Bonchev–Trinajstić information content (AvgIpc) is 2.35. The molecule has 1 atom stereocenters.